The first-order valence-electron chi connectivity index (χ1n) is 18.2. The zero-order chi connectivity index (χ0) is 39.8. The average Bonchev–Trinajstić information content (AvgIpc) is 3.64. The topological polar surface area (TPSA) is 239 Å². The van der Waals surface area contributed by atoms with Crippen molar-refractivity contribution in [2.75, 3.05) is 6.61 Å². The zero-order valence-electron chi connectivity index (χ0n) is 31.3. The molecule has 1 aliphatic heterocycles. The van der Waals surface area contributed by atoms with Crippen molar-refractivity contribution in [3.05, 3.63) is 92.3 Å². The van der Waals surface area contributed by atoms with E-state index in [1.165, 1.54) is 10.8 Å². The molecule has 2 heterocycles. The number of nitrogens with one attached hydrogen (secondary N) is 1. The van der Waals surface area contributed by atoms with Gasteiger partial charge >= 0.3 is 34.0 Å². The van der Waals surface area contributed by atoms with Crippen molar-refractivity contribution in [1.82, 2.24) is 9.55 Å². The molecule has 1 aromatic heterocycles. The summed E-state index contributed by atoms with van der Waals surface area (Å²) in [4.78, 5) is 78.3. The van der Waals surface area contributed by atoms with Crippen LogP contribution in [0.3, 0.4) is 0 Å². The molecule has 17 nitrogen and oxygen atoms in total. The number of aromatic nitrogens is 2. The molecule has 3 atom stereocenters. The molecule has 2 aromatic carbocycles. The van der Waals surface area contributed by atoms with Crippen LogP contribution in [0.1, 0.15) is 101 Å². The van der Waals surface area contributed by atoms with Crippen molar-refractivity contribution >= 4 is 28.3 Å². The lowest BCUT2D eigenvalue weighted by Gasteiger charge is -2.27. The van der Waals surface area contributed by atoms with Gasteiger partial charge in [-0.2, -0.15) is 19.5 Å². The van der Waals surface area contributed by atoms with E-state index in [4.69, 9.17) is 36.7 Å². The maximum absolute atomic E-state index is 14.1. The second-order valence-corrected chi connectivity index (χ2v) is 16.3. The van der Waals surface area contributed by atoms with Gasteiger partial charge in [0.2, 0.25) is 5.75 Å². The van der Waals surface area contributed by atoms with E-state index in [2.05, 4.69) is 10.9 Å². The van der Waals surface area contributed by atoms with Crippen LogP contribution in [-0.4, -0.2) is 34.2 Å². The van der Waals surface area contributed by atoms with Crippen LogP contribution in [0.25, 0.3) is 0 Å². The number of unbranched alkanes of at least 4 members (excludes halogenated alkanes) is 4. The lowest BCUT2D eigenvalue weighted by molar-refractivity contribution is -0.655. The number of nitrogens with zero attached hydrogens (tertiary/aromatic N) is 1. The van der Waals surface area contributed by atoms with Gasteiger partial charge < -0.3 is 19.3 Å². The molecule has 4 N–H and O–H groups in total. The molecule has 19 heteroatoms. The van der Waals surface area contributed by atoms with E-state index in [1.54, 1.807) is 55.5 Å². The highest BCUT2D eigenvalue weighted by Crippen LogP contribution is 2.70. The summed E-state index contributed by atoms with van der Waals surface area (Å²) < 4.78 is 44.7. The van der Waals surface area contributed by atoms with Crippen LogP contribution < -0.4 is 36.4 Å². The predicted molar refractivity (Wildman–Crippen MR) is 196 cm³/mol. The first-order valence-corrected chi connectivity index (χ1v) is 21.1. The summed E-state index contributed by atoms with van der Waals surface area (Å²) in [6.45, 7) is 4.54. The van der Waals surface area contributed by atoms with Crippen molar-refractivity contribution < 1.29 is 62.0 Å². The third-order valence-electron chi connectivity index (χ3n) is 8.38. The molecule has 4 rings (SSSR count). The Kier molecular flexibility index (Phi) is 17.5. The minimum Gasteiger partial charge on any atom is -0.602 e. The maximum atomic E-state index is 14.1. The number of H-pyrrole nitrogens is 1. The van der Waals surface area contributed by atoms with Gasteiger partial charge in [0, 0.05) is 44.0 Å². The average molecular weight is 811 g/mol. The largest absolute Gasteiger partial charge is 0.602 e. The Morgan fingerprint density at radius 1 is 0.873 bits per heavy atom. The zero-order valence-corrected chi connectivity index (χ0v) is 33.1. The van der Waals surface area contributed by atoms with Gasteiger partial charge in [-0.25, -0.2) is 4.79 Å². The third kappa shape index (κ3) is 14.5. The second-order valence-electron chi connectivity index (χ2n) is 12.9. The van der Waals surface area contributed by atoms with Crippen molar-refractivity contribution in [2.45, 2.75) is 111 Å². The second kappa shape index (κ2) is 21.8. The molecule has 1 saturated heterocycles. The quantitative estimate of drug-likeness (QED) is 0.0341. The summed E-state index contributed by atoms with van der Waals surface area (Å²) in [7, 11) is -9.51. The summed E-state index contributed by atoms with van der Waals surface area (Å²) >= 11 is 0. The number of aryl methyl sites for hydroxylation is 1. The van der Waals surface area contributed by atoms with Gasteiger partial charge in [-0.3, -0.25) is 23.9 Å². The number of carbonyl (C=O) groups excluding carboxylic acids is 2. The lowest BCUT2D eigenvalue weighted by atomic mass is 10.2. The van der Waals surface area contributed by atoms with Crippen LogP contribution in [0.5, 0.6) is 11.5 Å². The van der Waals surface area contributed by atoms with Gasteiger partial charge in [0.15, 0.2) is 0 Å². The van der Waals surface area contributed by atoms with Gasteiger partial charge in [-0.1, -0.05) is 63.8 Å². The van der Waals surface area contributed by atoms with E-state index in [-0.39, 0.29) is 31.8 Å². The maximum Gasteiger partial charge on any atom is 0.580 e. The number of benzene rings is 2. The van der Waals surface area contributed by atoms with E-state index < -0.39 is 39.9 Å². The minimum atomic E-state index is -4.77. The van der Waals surface area contributed by atoms with E-state index in [0.717, 1.165) is 38.5 Å². The number of carbonyl (C=O) groups is 2. The van der Waals surface area contributed by atoms with Gasteiger partial charge in [-0.05, 0) is 55.9 Å². The summed E-state index contributed by atoms with van der Waals surface area (Å²) in [5.74, 6) is 3.10. The fourth-order valence-corrected chi connectivity index (χ4v) is 8.14. The molecule has 1 radical (unpaired) electrons. The Bertz CT molecular complexity index is 1720. The van der Waals surface area contributed by atoms with Gasteiger partial charge in [0.1, 0.15) is 38.2 Å². The molecule has 0 spiro atoms. The number of phosphoric acid groups is 2. The first-order chi connectivity index (χ1) is 26.3. The van der Waals surface area contributed by atoms with E-state index in [1.807, 2.05) is 13.8 Å². The fraction of sp³-hybridized carbons (Fsp3) is 0.500. The third-order valence-corrected chi connectivity index (χ3v) is 11.6. The summed E-state index contributed by atoms with van der Waals surface area (Å²) in [6.07, 6.45) is 6.52. The first kappa shape index (κ1) is 44.3. The molecule has 3 aromatic rings. The lowest BCUT2D eigenvalue weighted by Crippen LogP contribution is -2.51. The van der Waals surface area contributed by atoms with Crippen LogP contribution in [0, 0.1) is 6.92 Å². The van der Waals surface area contributed by atoms with Crippen LogP contribution in [0.15, 0.2) is 64.3 Å². The molecule has 1 unspecified atom stereocenters. The summed E-state index contributed by atoms with van der Waals surface area (Å²) in [5, 5.41) is 0. The number of quaternary nitrogens is 1. The number of hydrogen-bond donors (Lipinski definition) is 2. The standard InChI is InChI=1S/C36H49N3O14P2/c1-4-6-8-10-33(40)50-29-16-12-27(13-17-29)23-46-54(44,47-24-28-14-18-30(19-15-28)51-34(41)11-9-7-5-2)53-55(45,52-37)48-25-31-20-21-32(49-31)39-22-26(3)35(42)38-36(39)43/h12-19,22,31-32H,4-11,20-21,23-25H2,1-3,37H3/q+1/p+1/t31-,32+,55?/m0/s1. The Labute approximate surface area is 320 Å². The fourth-order valence-electron chi connectivity index (χ4n) is 5.30. The summed E-state index contributed by atoms with van der Waals surface area (Å²) in [5.41, 5.74) is 0.116. The minimum absolute atomic E-state index is 0.294. The molecule has 0 aliphatic carbocycles. The number of hydrogen-bond acceptors (Lipinski definition) is 14. The molecule has 0 bridgehead atoms. The highest BCUT2D eigenvalue weighted by molar-refractivity contribution is 7.67. The van der Waals surface area contributed by atoms with E-state index >= 15 is 0 Å². The van der Waals surface area contributed by atoms with Crippen LogP contribution in [0.2, 0.25) is 0 Å². The molecular formula is C36H50N3O14P2+2. The molecule has 0 saturated carbocycles. The number of aromatic amines is 1. The van der Waals surface area contributed by atoms with Crippen LogP contribution in [-0.2, 0) is 50.0 Å². The number of rotatable bonds is 23. The van der Waals surface area contributed by atoms with E-state index in [9.17, 15) is 29.0 Å². The highest BCUT2D eigenvalue weighted by Gasteiger charge is 2.54. The van der Waals surface area contributed by atoms with E-state index in [0.29, 0.717) is 53.9 Å². The SMILES string of the molecule is CCCCCC(=O)Oc1ccc(CO[P+]([O-])(OCc2ccc(OC(=[O+])CCCCC)cc2)O[P+]([O-])(O[NH3+])OC[C@@H]2CC[C@H](n3cc(C)c(=O)[nH]c3=O)O2)cc1. The number of phosphoric ester groups is 1. The molecule has 1 aliphatic rings. The summed E-state index contributed by atoms with van der Waals surface area (Å²) in [6, 6.07) is 12.5. The Balaban J connectivity index is 1.41. The molecule has 55 heavy (non-hydrogen) atoms. The van der Waals surface area contributed by atoms with Crippen molar-refractivity contribution in [1.29, 1.82) is 0 Å². The Hall–Kier alpha value is -3.44. The molecule has 0 amide bonds. The normalized spacial score (nSPS) is 17.7. The highest BCUT2D eigenvalue weighted by atomic mass is 31.3. The van der Waals surface area contributed by atoms with Crippen molar-refractivity contribution in [3.8, 4) is 11.5 Å². The molecular weight excluding hydrogens is 760 g/mol. The van der Waals surface area contributed by atoms with Crippen molar-refractivity contribution in [2.24, 2.45) is 0 Å². The van der Waals surface area contributed by atoms with Crippen LogP contribution in [0.4, 0.5) is 0 Å². The Morgan fingerprint density at radius 3 is 2.04 bits per heavy atom. The molecule has 301 valence electrons. The van der Waals surface area contributed by atoms with Crippen LogP contribution >= 0.6 is 16.3 Å². The number of esters is 2. The van der Waals surface area contributed by atoms with Crippen molar-refractivity contribution in [3.63, 3.8) is 0 Å². The van der Waals surface area contributed by atoms with Gasteiger partial charge in [0.25, 0.3) is 5.56 Å². The van der Waals surface area contributed by atoms with Gasteiger partial charge in [0.05, 0.1) is 6.10 Å². The monoisotopic (exact) mass is 810 g/mol. The van der Waals surface area contributed by atoms with Gasteiger partial charge in [-0.15, -0.1) is 0 Å². The predicted octanol–water partition coefficient (Wildman–Crippen LogP) is 4.21. The number of ether oxygens (including phenoxy) is 3. The Morgan fingerprint density at radius 2 is 1.45 bits per heavy atom. The smallest absolute Gasteiger partial charge is 0.580 e. The molecule has 1 fully saturated rings.